The lowest BCUT2D eigenvalue weighted by atomic mass is 9.90. The molecule has 3 rings (SSSR count). The van der Waals surface area contributed by atoms with Crippen molar-refractivity contribution in [1.82, 2.24) is 5.32 Å². The summed E-state index contributed by atoms with van der Waals surface area (Å²) >= 11 is 0. The van der Waals surface area contributed by atoms with Gasteiger partial charge in [-0.05, 0) is 55.2 Å². The number of nitrogens with one attached hydrogen (secondary N) is 1. The standard InChI is InChI=1S/C18H25NO2/c20-12-16-6-3-7-17(16)19-18(21)11-13-8-9-14-4-1-2-5-15(14)10-13/h8-10,16-17,20H,1-7,11-12H2,(H,19,21). The van der Waals surface area contributed by atoms with E-state index < -0.39 is 0 Å². The first-order valence-corrected chi connectivity index (χ1v) is 8.27. The zero-order valence-corrected chi connectivity index (χ0v) is 12.6. The second-order valence-corrected chi connectivity index (χ2v) is 6.53. The van der Waals surface area contributed by atoms with E-state index in [1.54, 1.807) is 0 Å². The van der Waals surface area contributed by atoms with Crippen LogP contribution >= 0.6 is 0 Å². The predicted octanol–water partition coefficient (Wildman–Crippen LogP) is 2.39. The fourth-order valence-corrected chi connectivity index (χ4v) is 3.79. The molecule has 0 aromatic heterocycles. The van der Waals surface area contributed by atoms with Gasteiger partial charge in [0.05, 0.1) is 6.42 Å². The highest BCUT2D eigenvalue weighted by Crippen LogP contribution is 2.25. The van der Waals surface area contributed by atoms with Gasteiger partial charge in [-0.3, -0.25) is 4.79 Å². The summed E-state index contributed by atoms with van der Waals surface area (Å²) in [5, 5.41) is 12.4. The van der Waals surface area contributed by atoms with Crippen LogP contribution in [0.25, 0.3) is 0 Å². The van der Waals surface area contributed by atoms with Crippen LogP contribution in [0.2, 0.25) is 0 Å². The van der Waals surface area contributed by atoms with Gasteiger partial charge in [0.15, 0.2) is 0 Å². The smallest absolute Gasteiger partial charge is 0.224 e. The number of hydrogen-bond donors (Lipinski definition) is 2. The Kier molecular flexibility index (Phi) is 4.59. The highest BCUT2D eigenvalue weighted by atomic mass is 16.3. The average Bonchev–Trinajstić information content (AvgIpc) is 2.94. The molecule has 21 heavy (non-hydrogen) atoms. The van der Waals surface area contributed by atoms with Crippen molar-refractivity contribution in [3.05, 3.63) is 34.9 Å². The van der Waals surface area contributed by atoms with Crippen molar-refractivity contribution in [3.63, 3.8) is 0 Å². The molecule has 2 aliphatic rings. The molecule has 0 saturated heterocycles. The first-order valence-electron chi connectivity index (χ1n) is 8.27. The molecule has 0 bridgehead atoms. The van der Waals surface area contributed by atoms with Crippen LogP contribution in [0.4, 0.5) is 0 Å². The number of benzene rings is 1. The summed E-state index contributed by atoms with van der Waals surface area (Å²) in [4.78, 5) is 12.2. The van der Waals surface area contributed by atoms with E-state index in [9.17, 15) is 9.90 Å². The maximum atomic E-state index is 12.2. The van der Waals surface area contributed by atoms with Gasteiger partial charge in [-0.25, -0.2) is 0 Å². The Morgan fingerprint density at radius 2 is 1.95 bits per heavy atom. The van der Waals surface area contributed by atoms with Gasteiger partial charge in [-0.15, -0.1) is 0 Å². The molecule has 1 saturated carbocycles. The number of amides is 1. The van der Waals surface area contributed by atoms with Crippen molar-refractivity contribution in [2.45, 2.75) is 57.4 Å². The highest BCUT2D eigenvalue weighted by Gasteiger charge is 2.27. The minimum Gasteiger partial charge on any atom is -0.396 e. The maximum Gasteiger partial charge on any atom is 0.224 e. The lowest BCUT2D eigenvalue weighted by molar-refractivity contribution is -0.121. The molecule has 0 spiro atoms. The second kappa shape index (κ2) is 6.61. The Bertz CT molecular complexity index is 512. The highest BCUT2D eigenvalue weighted by molar-refractivity contribution is 5.79. The molecule has 3 nitrogen and oxygen atoms in total. The summed E-state index contributed by atoms with van der Waals surface area (Å²) < 4.78 is 0. The van der Waals surface area contributed by atoms with Crippen LogP contribution in [0.15, 0.2) is 18.2 Å². The first kappa shape index (κ1) is 14.6. The Morgan fingerprint density at radius 1 is 1.14 bits per heavy atom. The predicted molar refractivity (Wildman–Crippen MR) is 83.1 cm³/mol. The van der Waals surface area contributed by atoms with Crippen molar-refractivity contribution in [2.75, 3.05) is 6.61 Å². The van der Waals surface area contributed by atoms with E-state index in [4.69, 9.17) is 0 Å². The van der Waals surface area contributed by atoms with Crippen LogP contribution in [-0.2, 0) is 24.1 Å². The lowest BCUT2D eigenvalue weighted by Gasteiger charge is -2.20. The van der Waals surface area contributed by atoms with E-state index in [2.05, 4.69) is 23.5 Å². The Morgan fingerprint density at radius 3 is 2.76 bits per heavy atom. The average molecular weight is 287 g/mol. The van der Waals surface area contributed by atoms with Crippen LogP contribution in [0.3, 0.4) is 0 Å². The van der Waals surface area contributed by atoms with Gasteiger partial charge >= 0.3 is 0 Å². The molecule has 0 radical (unpaired) electrons. The first-order chi connectivity index (χ1) is 10.3. The third-order valence-corrected chi connectivity index (χ3v) is 5.02. The molecule has 1 aromatic carbocycles. The van der Waals surface area contributed by atoms with Crippen LogP contribution in [0.5, 0.6) is 0 Å². The minimum absolute atomic E-state index is 0.0936. The Labute approximate surface area is 126 Å². The Hall–Kier alpha value is -1.35. The normalized spacial score (nSPS) is 24.6. The van der Waals surface area contributed by atoms with Crippen molar-refractivity contribution in [3.8, 4) is 0 Å². The molecule has 2 atom stereocenters. The number of fused-ring (bicyclic) bond motifs is 1. The molecular weight excluding hydrogens is 262 g/mol. The minimum atomic E-state index is 0.0936. The van der Waals surface area contributed by atoms with E-state index in [0.717, 1.165) is 31.2 Å². The number of aliphatic hydroxyl groups excluding tert-OH is 1. The van der Waals surface area contributed by atoms with Crippen molar-refractivity contribution in [1.29, 1.82) is 0 Å². The summed E-state index contributed by atoms with van der Waals surface area (Å²) in [7, 11) is 0. The molecule has 2 unspecified atom stereocenters. The number of rotatable bonds is 4. The molecule has 2 N–H and O–H groups in total. The van der Waals surface area contributed by atoms with Gasteiger partial charge in [0.2, 0.25) is 5.91 Å². The zero-order valence-electron chi connectivity index (χ0n) is 12.6. The van der Waals surface area contributed by atoms with Gasteiger partial charge in [0.1, 0.15) is 0 Å². The summed E-state index contributed by atoms with van der Waals surface area (Å²) in [5.74, 6) is 0.341. The van der Waals surface area contributed by atoms with E-state index in [-0.39, 0.29) is 24.5 Å². The van der Waals surface area contributed by atoms with Crippen LogP contribution in [0.1, 0.15) is 48.8 Å². The number of hydrogen-bond acceptors (Lipinski definition) is 2. The fraction of sp³-hybridized carbons (Fsp3) is 0.611. The maximum absolute atomic E-state index is 12.2. The monoisotopic (exact) mass is 287 g/mol. The van der Waals surface area contributed by atoms with Gasteiger partial charge in [0.25, 0.3) is 0 Å². The molecule has 1 aromatic rings. The number of carbonyl (C=O) groups is 1. The number of aryl methyl sites for hydroxylation is 2. The fourth-order valence-electron chi connectivity index (χ4n) is 3.79. The van der Waals surface area contributed by atoms with Gasteiger partial charge in [0, 0.05) is 18.6 Å². The van der Waals surface area contributed by atoms with E-state index in [1.807, 2.05) is 0 Å². The SMILES string of the molecule is O=C(Cc1ccc2c(c1)CCCC2)NC1CCCC1CO. The molecule has 0 aliphatic heterocycles. The third kappa shape index (κ3) is 3.46. The summed E-state index contributed by atoms with van der Waals surface area (Å²) in [6.07, 6.45) is 8.49. The van der Waals surface area contributed by atoms with Crippen LogP contribution in [0, 0.1) is 5.92 Å². The molecule has 1 amide bonds. The quantitative estimate of drug-likeness (QED) is 0.893. The Balaban J connectivity index is 1.59. The van der Waals surface area contributed by atoms with Gasteiger partial charge in [-0.1, -0.05) is 24.6 Å². The van der Waals surface area contributed by atoms with Gasteiger partial charge < -0.3 is 10.4 Å². The van der Waals surface area contributed by atoms with Crippen LogP contribution < -0.4 is 5.32 Å². The van der Waals surface area contributed by atoms with Crippen molar-refractivity contribution < 1.29 is 9.90 Å². The van der Waals surface area contributed by atoms with Crippen molar-refractivity contribution >= 4 is 5.91 Å². The number of carbonyl (C=O) groups excluding carboxylic acids is 1. The zero-order chi connectivity index (χ0) is 14.7. The lowest BCUT2D eigenvalue weighted by Crippen LogP contribution is -2.39. The van der Waals surface area contributed by atoms with E-state index in [1.165, 1.54) is 30.4 Å². The molecular formula is C18H25NO2. The third-order valence-electron chi connectivity index (χ3n) is 5.02. The molecule has 114 valence electrons. The topological polar surface area (TPSA) is 49.3 Å². The molecule has 1 fully saturated rings. The summed E-state index contributed by atoms with van der Waals surface area (Å²) in [5.41, 5.74) is 4.01. The summed E-state index contributed by atoms with van der Waals surface area (Å²) in [6.45, 7) is 0.184. The van der Waals surface area contributed by atoms with Crippen molar-refractivity contribution in [2.24, 2.45) is 5.92 Å². The summed E-state index contributed by atoms with van der Waals surface area (Å²) in [6, 6.07) is 6.68. The van der Waals surface area contributed by atoms with Crippen LogP contribution in [-0.4, -0.2) is 23.7 Å². The van der Waals surface area contributed by atoms with E-state index in [0.29, 0.717) is 6.42 Å². The van der Waals surface area contributed by atoms with Gasteiger partial charge in [-0.2, -0.15) is 0 Å². The molecule has 2 aliphatic carbocycles. The molecule has 0 heterocycles. The largest absolute Gasteiger partial charge is 0.396 e. The second-order valence-electron chi connectivity index (χ2n) is 6.53. The number of aliphatic hydroxyl groups is 1. The molecule has 3 heteroatoms. The van der Waals surface area contributed by atoms with E-state index >= 15 is 0 Å².